The van der Waals surface area contributed by atoms with Crippen molar-refractivity contribution in [2.45, 2.75) is 91.1 Å². The van der Waals surface area contributed by atoms with Crippen LogP contribution in [0.5, 0.6) is 5.75 Å². The van der Waals surface area contributed by atoms with E-state index in [1.807, 2.05) is 0 Å². The molecule has 1 aromatic rings. The maximum atomic E-state index is 6.55. The van der Waals surface area contributed by atoms with Gasteiger partial charge in [-0.25, -0.2) is 0 Å². The molecule has 1 nitrogen and oxygen atoms in total. The number of hydrogen-bond donors (Lipinski definition) is 0. The molecule has 0 amide bonds. The van der Waals surface area contributed by atoms with Crippen molar-refractivity contribution in [3.05, 3.63) is 28.8 Å². The lowest BCUT2D eigenvalue weighted by Gasteiger charge is -2.49. The standard InChI is InChI=1S/C22H34O/c1-6-7-8-9-17-13-16(3)21-18-12-15(2)10-11-19(18)22(4,5)23-20(21)14-17/h13-15,18-19H,6-12H2,1-5H3/t15?,18?,19-/m1/s1. The largest absolute Gasteiger partial charge is 0.487 e. The summed E-state index contributed by atoms with van der Waals surface area (Å²) in [6.45, 7) is 11.6. The van der Waals surface area contributed by atoms with Gasteiger partial charge in [-0.2, -0.15) is 0 Å². The Bertz CT molecular complexity index is 557. The Morgan fingerprint density at radius 2 is 1.96 bits per heavy atom. The second-order valence-electron chi connectivity index (χ2n) is 8.62. The molecule has 0 radical (unpaired) electrons. The number of aryl methyl sites for hydroxylation is 2. The van der Waals surface area contributed by atoms with Crippen LogP contribution in [0.1, 0.15) is 88.8 Å². The van der Waals surface area contributed by atoms with Crippen LogP contribution in [-0.4, -0.2) is 5.60 Å². The van der Waals surface area contributed by atoms with E-state index in [0.29, 0.717) is 11.8 Å². The second kappa shape index (κ2) is 6.49. The molecule has 23 heavy (non-hydrogen) atoms. The van der Waals surface area contributed by atoms with E-state index in [9.17, 15) is 0 Å². The Morgan fingerprint density at radius 1 is 1.17 bits per heavy atom. The first-order valence-electron chi connectivity index (χ1n) is 9.74. The molecule has 0 N–H and O–H groups in total. The fourth-order valence-electron chi connectivity index (χ4n) is 5.01. The van der Waals surface area contributed by atoms with Crippen LogP contribution in [0.25, 0.3) is 0 Å². The molecule has 1 aliphatic carbocycles. The maximum absolute atomic E-state index is 6.55. The normalized spacial score (nSPS) is 28.7. The molecule has 1 aliphatic heterocycles. The van der Waals surface area contributed by atoms with E-state index in [-0.39, 0.29) is 5.60 Å². The summed E-state index contributed by atoms with van der Waals surface area (Å²) in [6.07, 6.45) is 9.10. The summed E-state index contributed by atoms with van der Waals surface area (Å²) in [5.41, 5.74) is 4.44. The molecule has 1 aromatic carbocycles. The highest BCUT2D eigenvalue weighted by Gasteiger charge is 2.46. The van der Waals surface area contributed by atoms with Gasteiger partial charge in [0, 0.05) is 11.5 Å². The lowest BCUT2D eigenvalue weighted by Crippen LogP contribution is -2.47. The van der Waals surface area contributed by atoms with Gasteiger partial charge in [0.1, 0.15) is 11.4 Å². The average molecular weight is 315 g/mol. The highest BCUT2D eigenvalue weighted by atomic mass is 16.5. The molecule has 2 aliphatic rings. The van der Waals surface area contributed by atoms with Gasteiger partial charge in [0.2, 0.25) is 0 Å². The SMILES string of the molecule is CCCCCc1cc(C)c2c(c1)OC(C)(C)[C@@H]1CCC(C)CC21. The van der Waals surface area contributed by atoms with Gasteiger partial charge >= 0.3 is 0 Å². The number of fused-ring (bicyclic) bond motifs is 3. The average Bonchev–Trinajstić information content (AvgIpc) is 2.46. The number of rotatable bonds is 4. The lowest BCUT2D eigenvalue weighted by atomic mass is 9.63. The molecule has 1 heterocycles. The number of unbranched alkanes of at least 4 members (excludes halogenated alkanes) is 2. The Kier molecular flexibility index (Phi) is 4.76. The molecular weight excluding hydrogens is 280 g/mol. The summed E-state index contributed by atoms with van der Waals surface area (Å²) in [4.78, 5) is 0. The van der Waals surface area contributed by atoms with Crippen molar-refractivity contribution in [1.29, 1.82) is 0 Å². The smallest absolute Gasteiger partial charge is 0.124 e. The number of ether oxygens (including phenoxy) is 1. The van der Waals surface area contributed by atoms with Crippen LogP contribution in [0.3, 0.4) is 0 Å². The van der Waals surface area contributed by atoms with E-state index in [2.05, 4.69) is 46.8 Å². The third-order valence-electron chi connectivity index (χ3n) is 6.23. The van der Waals surface area contributed by atoms with Crippen molar-refractivity contribution in [3.8, 4) is 5.75 Å². The predicted molar refractivity (Wildman–Crippen MR) is 98.4 cm³/mol. The molecule has 1 heteroatoms. The topological polar surface area (TPSA) is 9.23 Å². The van der Waals surface area contributed by atoms with Crippen molar-refractivity contribution >= 4 is 0 Å². The first-order valence-corrected chi connectivity index (χ1v) is 9.74. The molecule has 0 bridgehead atoms. The molecule has 3 atom stereocenters. The second-order valence-corrected chi connectivity index (χ2v) is 8.62. The monoisotopic (exact) mass is 314 g/mol. The van der Waals surface area contributed by atoms with Gasteiger partial charge in [0.05, 0.1) is 0 Å². The van der Waals surface area contributed by atoms with Crippen molar-refractivity contribution < 1.29 is 4.74 Å². The van der Waals surface area contributed by atoms with E-state index in [1.165, 1.54) is 67.4 Å². The molecule has 0 saturated heterocycles. The zero-order valence-electron chi connectivity index (χ0n) is 15.7. The summed E-state index contributed by atoms with van der Waals surface area (Å²) in [5.74, 6) is 3.41. The molecule has 2 unspecified atom stereocenters. The summed E-state index contributed by atoms with van der Waals surface area (Å²) >= 11 is 0. The molecule has 128 valence electrons. The van der Waals surface area contributed by atoms with E-state index in [1.54, 1.807) is 0 Å². The van der Waals surface area contributed by atoms with E-state index < -0.39 is 0 Å². The Morgan fingerprint density at radius 3 is 2.70 bits per heavy atom. The van der Waals surface area contributed by atoms with Crippen LogP contribution in [0.15, 0.2) is 12.1 Å². The molecule has 3 rings (SSSR count). The Labute approximate surface area is 142 Å². The zero-order valence-corrected chi connectivity index (χ0v) is 15.7. The summed E-state index contributed by atoms with van der Waals surface area (Å²) in [5, 5.41) is 0. The third kappa shape index (κ3) is 3.30. The van der Waals surface area contributed by atoms with Crippen LogP contribution < -0.4 is 4.74 Å². The van der Waals surface area contributed by atoms with Gasteiger partial charge < -0.3 is 4.74 Å². The first kappa shape index (κ1) is 16.9. The molecule has 1 saturated carbocycles. The molecule has 0 spiro atoms. The number of hydrogen-bond acceptors (Lipinski definition) is 1. The fourth-order valence-corrected chi connectivity index (χ4v) is 5.01. The summed E-state index contributed by atoms with van der Waals surface area (Å²) in [7, 11) is 0. The van der Waals surface area contributed by atoms with Crippen LogP contribution in [0, 0.1) is 18.8 Å². The van der Waals surface area contributed by atoms with Crippen LogP contribution in [0.2, 0.25) is 0 Å². The first-order chi connectivity index (χ1) is 10.9. The van der Waals surface area contributed by atoms with Crippen LogP contribution in [0.4, 0.5) is 0 Å². The third-order valence-corrected chi connectivity index (χ3v) is 6.23. The van der Waals surface area contributed by atoms with Gasteiger partial charge in [-0.3, -0.25) is 0 Å². The number of benzene rings is 1. The van der Waals surface area contributed by atoms with Gasteiger partial charge in [-0.05, 0) is 75.5 Å². The van der Waals surface area contributed by atoms with Crippen molar-refractivity contribution in [3.63, 3.8) is 0 Å². The Balaban J connectivity index is 1.94. The lowest BCUT2D eigenvalue weighted by molar-refractivity contribution is -0.0139. The maximum Gasteiger partial charge on any atom is 0.124 e. The zero-order chi connectivity index (χ0) is 16.6. The molecule has 0 aromatic heterocycles. The summed E-state index contributed by atoms with van der Waals surface area (Å²) < 4.78 is 6.55. The summed E-state index contributed by atoms with van der Waals surface area (Å²) in [6, 6.07) is 4.79. The van der Waals surface area contributed by atoms with Gasteiger partial charge in [-0.15, -0.1) is 0 Å². The minimum atomic E-state index is -0.0215. The van der Waals surface area contributed by atoms with Crippen LogP contribution >= 0.6 is 0 Å². The van der Waals surface area contributed by atoms with Gasteiger partial charge in [-0.1, -0.05) is 39.2 Å². The predicted octanol–water partition coefficient (Wildman–Crippen LogP) is 6.42. The highest BCUT2D eigenvalue weighted by Crippen LogP contribution is 2.53. The van der Waals surface area contributed by atoms with Gasteiger partial charge in [0.15, 0.2) is 0 Å². The van der Waals surface area contributed by atoms with Crippen molar-refractivity contribution in [2.75, 3.05) is 0 Å². The van der Waals surface area contributed by atoms with E-state index >= 15 is 0 Å². The molecule has 1 fully saturated rings. The Hall–Kier alpha value is -0.980. The van der Waals surface area contributed by atoms with E-state index in [0.717, 1.165) is 5.92 Å². The van der Waals surface area contributed by atoms with E-state index in [4.69, 9.17) is 4.74 Å². The fraction of sp³-hybridized carbons (Fsp3) is 0.727. The quantitative estimate of drug-likeness (QED) is 0.583. The van der Waals surface area contributed by atoms with Crippen molar-refractivity contribution in [1.82, 2.24) is 0 Å². The van der Waals surface area contributed by atoms with Crippen molar-refractivity contribution in [2.24, 2.45) is 11.8 Å². The molecular formula is C22H34O. The highest BCUT2D eigenvalue weighted by molar-refractivity contribution is 5.48. The minimum absolute atomic E-state index is 0.0215. The van der Waals surface area contributed by atoms with Crippen LogP contribution in [-0.2, 0) is 6.42 Å². The van der Waals surface area contributed by atoms with Gasteiger partial charge in [0.25, 0.3) is 0 Å². The minimum Gasteiger partial charge on any atom is -0.487 e.